The second-order valence-electron chi connectivity index (χ2n) is 4.67. The van der Waals surface area contributed by atoms with Crippen LogP contribution in [-0.2, 0) is 11.3 Å². The SMILES string of the molecule is O=C(O)CC1CN(Cc2cccc([N+](=O)[O-])c2F)C1. The van der Waals surface area contributed by atoms with E-state index in [0.717, 1.165) is 6.07 Å². The van der Waals surface area contributed by atoms with Crippen molar-refractivity contribution in [1.29, 1.82) is 0 Å². The summed E-state index contributed by atoms with van der Waals surface area (Å²) in [6.07, 6.45) is 0.105. The van der Waals surface area contributed by atoms with Crippen molar-refractivity contribution < 1.29 is 19.2 Å². The summed E-state index contributed by atoms with van der Waals surface area (Å²) in [7, 11) is 0. The lowest BCUT2D eigenvalue weighted by molar-refractivity contribution is -0.387. The largest absolute Gasteiger partial charge is 0.481 e. The Bertz CT molecular complexity index is 514. The highest BCUT2D eigenvalue weighted by Crippen LogP contribution is 2.25. The molecule has 1 aromatic carbocycles. The molecule has 0 bridgehead atoms. The molecule has 0 amide bonds. The van der Waals surface area contributed by atoms with E-state index in [1.165, 1.54) is 12.1 Å². The lowest BCUT2D eigenvalue weighted by Gasteiger charge is -2.38. The highest BCUT2D eigenvalue weighted by atomic mass is 19.1. The normalized spacial score (nSPS) is 16.1. The molecule has 102 valence electrons. The van der Waals surface area contributed by atoms with Crippen LogP contribution in [0.2, 0.25) is 0 Å². The molecule has 0 aromatic heterocycles. The molecule has 0 radical (unpaired) electrons. The molecule has 1 fully saturated rings. The van der Waals surface area contributed by atoms with Crippen LogP contribution in [0.3, 0.4) is 0 Å². The Balaban J connectivity index is 1.96. The molecule has 6 nitrogen and oxygen atoms in total. The smallest absolute Gasteiger partial charge is 0.305 e. The lowest BCUT2D eigenvalue weighted by Crippen LogP contribution is -2.46. The summed E-state index contributed by atoms with van der Waals surface area (Å²) in [6.45, 7) is 1.42. The predicted molar refractivity (Wildman–Crippen MR) is 64.1 cm³/mol. The molecule has 2 rings (SSSR count). The molecule has 1 N–H and O–H groups in total. The number of likely N-dealkylation sites (tertiary alicyclic amines) is 1. The van der Waals surface area contributed by atoms with Gasteiger partial charge in [0.25, 0.3) is 0 Å². The van der Waals surface area contributed by atoms with Gasteiger partial charge in [0.05, 0.1) is 11.3 Å². The summed E-state index contributed by atoms with van der Waals surface area (Å²) in [5.41, 5.74) is -0.261. The average molecular weight is 268 g/mol. The van der Waals surface area contributed by atoms with Crippen LogP contribution in [-0.4, -0.2) is 34.0 Å². The summed E-state index contributed by atoms with van der Waals surface area (Å²) in [5.74, 6) is -1.57. The van der Waals surface area contributed by atoms with Crippen LogP contribution in [0.4, 0.5) is 10.1 Å². The molecular formula is C12H13FN2O4. The van der Waals surface area contributed by atoms with Crippen molar-refractivity contribution in [3.8, 4) is 0 Å². The Kier molecular flexibility index (Phi) is 3.75. The van der Waals surface area contributed by atoms with E-state index in [1.54, 1.807) is 0 Å². The molecule has 0 spiro atoms. The molecule has 0 atom stereocenters. The van der Waals surface area contributed by atoms with Crippen LogP contribution in [0.25, 0.3) is 0 Å². The number of hydrogen-bond donors (Lipinski definition) is 1. The van der Waals surface area contributed by atoms with Gasteiger partial charge in [-0.25, -0.2) is 0 Å². The summed E-state index contributed by atoms with van der Waals surface area (Å²) < 4.78 is 13.8. The molecule has 1 aliphatic rings. The number of carboxylic acid groups (broad SMARTS) is 1. The van der Waals surface area contributed by atoms with Crippen molar-refractivity contribution >= 4 is 11.7 Å². The minimum atomic E-state index is -0.842. The maximum atomic E-state index is 13.8. The van der Waals surface area contributed by atoms with Gasteiger partial charge in [-0.15, -0.1) is 0 Å². The molecular weight excluding hydrogens is 255 g/mol. The zero-order valence-corrected chi connectivity index (χ0v) is 10.1. The minimum Gasteiger partial charge on any atom is -0.481 e. The number of hydrogen-bond acceptors (Lipinski definition) is 4. The second kappa shape index (κ2) is 5.31. The van der Waals surface area contributed by atoms with E-state index in [-0.39, 0.29) is 24.4 Å². The van der Waals surface area contributed by atoms with Gasteiger partial charge in [0, 0.05) is 31.3 Å². The van der Waals surface area contributed by atoms with Gasteiger partial charge in [-0.3, -0.25) is 19.8 Å². The first kappa shape index (κ1) is 13.4. The number of halogens is 1. The number of nitrogens with zero attached hydrogens (tertiary/aromatic N) is 2. The predicted octanol–water partition coefficient (Wildman–Crippen LogP) is 1.64. The Labute approximate surface area is 108 Å². The lowest BCUT2D eigenvalue weighted by atomic mass is 9.95. The molecule has 0 unspecified atom stereocenters. The highest BCUT2D eigenvalue weighted by Gasteiger charge is 2.29. The summed E-state index contributed by atoms with van der Waals surface area (Å²) in [6, 6.07) is 4.08. The molecule has 0 saturated carbocycles. The summed E-state index contributed by atoms with van der Waals surface area (Å²) >= 11 is 0. The fourth-order valence-electron chi connectivity index (χ4n) is 2.25. The van der Waals surface area contributed by atoms with E-state index < -0.39 is 22.4 Å². The minimum absolute atomic E-state index is 0.0826. The van der Waals surface area contributed by atoms with E-state index in [4.69, 9.17) is 5.11 Å². The van der Waals surface area contributed by atoms with Gasteiger partial charge in [-0.2, -0.15) is 4.39 Å². The van der Waals surface area contributed by atoms with E-state index in [1.807, 2.05) is 4.90 Å². The monoisotopic (exact) mass is 268 g/mol. The van der Waals surface area contributed by atoms with Gasteiger partial charge in [-0.1, -0.05) is 12.1 Å². The Morgan fingerprint density at radius 2 is 2.21 bits per heavy atom. The Morgan fingerprint density at radius 1 is 1.53 bits per heavy atom. The quantitative estimate of drug-likeness (QED) is 0.648. The molecule has 1 aromatic rings. The third kappa shape index (κ3) is 3.05. The van der Waals surface area contributed by atoms with Crippen molar-refractivity contribution in [2.45, 2.75) is 13.0 Å². The van der Waals surface area contributed by atoms with Gasteiger partial charge in [-0.05, 0) is 5.92 Å². The zero-order valence-electron chi connectivity index (χ0n) is 10.1. The van der Waals surface area contributed by atoms with Gasteiger partial charge in [0.1, 0.15) is 0 Å². The number of nitro groups is 1. The maximum absolute atomic E-state index is 13.8. The van der Waals surface area contributed by atoms with Crippen LogP contribution in [0.1, 0.15) is 12.0 Å². The van der Waals surface area contributed by atoms with E-state index in [9.17, 15) is 19.3 Å². The van der Waals surface area contributed by atoms with Crippen molar-refractivity contribution in [3.05, 3.63) is 39.7 Å². The molecule has 0 aliphatic carbocycles. The standard InChI is InChI=1S/C12H13FN2O4/c13-12-9(2-1-3-10(12)15(18)19)7-14-5-8(6-14)4-11(16)17/h1-3,8H,4-7H2,(H,16,17). The first-order chi connectivity index (χ1) is 8.97. The molecule has 7 heteroatoms. The number of nitro benzene ring substituents is 1. The van der Waals surface area contributed by atoms with Gasteiger partial charge in [0.2, 0.25) is 5.82 Å². The van der Waals surface area contributed by atoms with Crippen molar-refractivity contribution in [1.82, 2.24) is 4.90 Å². The third-order valence-corrected chi connectivity index (χ3v) is 3.15. The van der Waals surface area contributed by atoms with Crippen molar-refractivity contribution in [2.75, 3.05) is 13.1 Å². The number of carbonyl (C=O) groups is 1. The van der Waals surface area contributed by atoms with Crippen LogP contribution in [0.5, 0.6) is 0 Å². The Morgan fingerprint density at radius 3 is 2.79 bits per heavy atom. The fraction of sp³-hybridized carbons (Fsp3) is 0.417. The third-order valence-electron chi connectivity index (χ3n) is 3.15. The van der Waals surface area contributed by atoms with Crippen LogP contribution in [0, 0.1) is 21.8 Å². The van der Waals surface area contributed by atoms with Crippen LogP contribution < -0.4 is 0 Å². The summed E-state index contributed by atoms with van der Waals surface area (Å²) in [5, 5.41) is 19.2. The van der Waals surface area contributed by atoms with Gasteiger partial charge < -0.3 is 5.11 Å². The van der Waals surface area contributed by atoms with E-state index in [0.29, 0.717) is 13.1 Å². The average Bonchev–Trinajstić information content (AvgIpc) is 2.27. The topological polar surface area (TPSA) is 83.7 Å². The summed E-state index contributed by atoms with van der Waals surface area (Å²) in [4.78, 5) is 22.2. The Hall–Kier alpha value is -2.02. The van der Waals surface area contributed by atoms with Crippen molar-refractivity contribution in [2.24, 2.45) is 5.92 Å². The number of rotatable bonds is 5. The van der Waals surface area contributed by atoms with E-state index >= 15 is 0 Å². The van der Waals surface area contributed by atoms with Crippen molar-refractivity contribution in [3.63, 3.8) is 0 Å². The fourth-order valence-corrected chi connectivity index (χ4v) is 2.25. The molecule has 1 aliphatic heterocycles. The zero-order chi connectivity index (χ0) is 14.0. The first-order valence-electron chi connectivity index (χ1n) is 5.83. The number of carboxylic acids is 1. The van der Waals surface area contributed by atoms with E-state index in [2.05, 4.69) is 0 Å². The number of benzene rings is 1. The highest BCUT2D eigenvalue weighted by molar-refractivity contribution is 5.67. The molecule has 1 heterocycles. The van der Waals surface area contributed by atoms with Crippen LogP contribution >= 0.6 is 0 Å². The number of aliphatic carboxylic acids is 1. The van der Waals surface area contributed by atoms with Crippen LogP contribution in [0.15, 0.2) is 18.2 Å². The molecule has 1 saturated heterocycles. The first-order valence-corrected chi connectivity index (χ1v) is 5.83. The maximum Gasteiger partial charge on any atom is 0.305 e. The van der Waals surface area contributed by atoms with Gasteiger partial charge in [0.15, 0.2) is 0 Å². The second-order valence-corrected chi connectivity index (χ2v) is 4.67. The van der Waals surface area contributed by atoms with Gasteiger partial charge >= 0.3 is 11.7 Å². The molecule has 19 heavy (non-hydrogen) atoms.